The lowest BCUT2D eigenvalue weighted by molar-refractivity contribution is -0.117. The van der Waals surface area contributed by atoms with E-state index in [-0.39, 0.29) is 10.7 Å². The Labute approximate surface area is 112 Å². The summed E-state index contributed by atoms with van der Waals surface area (Å²) in [6.07, 6.45) is 0.534. The van der Waals surface area contributed by atoms with Gasteiger partial charge in [0.15, 0.2) is 0 Å². The van der Waals surface area contributed by atoms with Crippen molar-refractivity contribution in [2.24, 2.45) is 0 Å². The molecule has 7 heteroatoms. The molecule has 1 fully saturated rings. The Bertz CT molecular complexity index is 571. The van der Waals surface area contributed by atoms with Crippen molar-refractivity contribution >= 4 is 27.5 Å². The first-order chi connectivity index (χ1) is 8.74. The Morgan fingerprint density at radius 3 is 3.00 bits per heavy atom. The number of aromatic nitrogens is 4. The van der Waals surface area contributed by atoms with Crippen LogP contribution in [0.5, 0.6) is 0 Å². The van der Waals surface area contributed by atoms with Crippen LogP contribution in [-0.2, 0) is 4.79 Å². The van der Waals surface area contributed by atoms with Crippen LogP contribution in [0.3, 0.4) is 0 Å². The summed E-state index contributed by atoms with van der Waals surface area (Å²) in [4.78, 5) is 13.8. The van der Waals surface area contributed by atoms with E-state index in [9.17, 15) is 4.79 Å². The molecule has 1 amide bonds. The molecule has 0 saturated carbocycles. The predicted molar refractivity (Wildman–Crippen MR) is 69.3 cm³/mol. The number of alkyl halides is 1. The number of amides is 1. The molecule has 1 N–H and O–H groups in total. The molecule has 1 unspecified atom stereocenters. The molecule has 2 heterocycles. The Morgan fingerprint density at radius 1 is 1.44 bits per heavy atom. The van der Waals surface area contributed by atoms with Gasteiger partial charge in [0.1, 0.15) is 0 Å². The number of nitrogens with one attached hydrogen (secondary N) is 1. The van der Waals surface area contributed by atoms with Crippen molar-refractivity contribution in [1.29, 1.82) is 0 Å². The third-order valence-electron chi connectivity index (χ3n) is 2.84. The monoisotopic (exact) mass is 307 g/mol. The first kappa shape index (κ1) is 11.3. The molecule has 1 aromatic heterocycles. The van der Waals surface area contributed by atoms with Gasteiger partial charge in [-0.2, -0.15) is 5.21 Å². The molecule has 18 heavy (non-hydrogen) atoms. The number of H-pyrrole nitrogens is 1. The number of aromatic amines is 1. The number of anilines is 1. The SMILES string of the molecule is O=C1CC(Br)CN1c1cccc(-c2nn[nH]n2)c1. The number of hydrogen-bond acceptors (Lipinski definition) is 4. The molecule has 1 atom stereocenters. The quantitative estimate of drug-likeness (QED) is 0.850. The van der Waals surface area contributed by atoms with E-state index in [0.29, 0.717) is 18.8 Å². The largest absolute Gasteiger partial charge is 0.311 e. The number of halogens is 1. The topological polar surface area (TPSA) is 74.8 Å². The summed E-state index contributed by atoms with van der Waals surface area (Å²) >= 11 is 3.47. The molecule has 1 saturated heterocycles. The molecule has 0 aliphatic carbocycles. The second-order valence-electron chi connectivity index (χ2n) is 4.09. The van der Waals surface area contributed by atoms with Gasteiger partial charge in [-0.3, -0.25) is 4.79 Å². The second-order valence-corrected chi connectivity index (χ2v) is 5.39. The number of hydrogen-bond donors (Lipinski definition) is 1. The summed E-state index contributed by atoms with van der Waals surface area (Å²) in [7, 11) is 0. The van der Waals surface area contributed by atoms with Crippen LogP contribution in [0, 0.1) is 0 Å². The third kappa shape index (κ3) is 2.01. The van der Waals surface area contributed by atoms with Gasteiger partial charge in [-0.1, -0.05) is 28.1 Å². The van der Waals surface area contributed by atoms with E-state index in [1.165, 1.54) is 0 Å². The first-order valence-electron chi connectivity index (χ1n) is 5.52. The standard InChI is InChI=1S/C11H10BrN5O/c12-8-5-10(18)17(6-8)9-3-1-2-7(4-9)11-13-15-16-14-11/h1-4,8H,5-6H2,(H,13,14,15,16). The van der Waals surface area contributed by atoms with Crippen molar-refractivity contribution in [3.05, 3.63) is 24.3 Å². The van der Waals surface area contributed by atoms with Crippen LogP contribution < -0.4 is 4.90 Å². The molecule has 1 aliphatic heterocycles. The van der Waals surface area contributed by atoms with Crippen LogP contribution >= 0.6 is 15.9 Å². The third-order valence-corrected chi connectivity index (χ3v) is 3.45. The van der Waals surface area contributed by atoms with Crippen LogP contribution in [0.15, 0.2) is 24.3 Å². The molecule has 0 radical (unpaired) electrons. The van der Waals surface area contributed by atoms with Gasteiger partial charge >= 0.3 is 0 Å². The zero-order chi connectivity index (χ0) is 12.5. The molecule has 0 bridgehead atoms. The molecule has 92 valence electrons. The van der Waals surface area contributed by atoms with E-state index < -0.39 is 0 Å². The lowest BCUT2D eigenvalue weighted by Gasteiger charge is -2.16. The minimum absolute atomic E-state index is 0.127. The highest BCUT2D eigenvalue weighted by Gasteiger charge is 2.28. The summed E-state index contributed by atoms with van der Waals surface area (Å²) in [5, 5.41) is 13.8. The summed E-state index contributed by atoms with van der Waals surface area (Å²) in [6.45, 7) is 0.689. The average Bonchev–Trinajstić information content (AvgIpc) is 2.99. The number of tetrazole rings is 1. The van der Waals surface area contributed by atoms with Crippen molar-refractivity contribution in [3.8, 4) is 11.4 Å². The number of benzene rings is 1. The molecule has 6 nitrogen and oxygen atoms in total. The van der Waals surface area contributed by atoms with Crippen molar-refractivity contribution < 1.29 is 4.79 Å². The minimum Gasteiger partial charge on any atom is -0.311 e. The smallest absolute Gasteiger partial charge is 0.228 e. The van der Waals surface area contributed by atoms with Crippen LogP contribution in [0.25, 0.3) is 11.4 Å². The first-order valence-corrected chi connectivity index (χ1v) is 6.44. The molecule has 0 spiro atoms. The van der Waals surface area contributed by atoms with Gasteiger partial charge in [-0.25, -0.2) is 0 Å². The fourth-order valence-corrected chi connectivity index (χ4v) is 2.58. The van der Waals surface area contributed by atoms with Crippen molar-refractivity contribution in [3.63, 3.8) is 0 Å². The Morgan fingerprint density at radius 2 is 2.33 bits per heavy atom. The molecule has 1 aliphatic rings. The average molecular weight is 308 g/mol. The fraction of sp³-hybridized carbons (Fsp3) is 0.273. The van der Waals surface area contributed by atoms with Crippen molar-refractivity contribution in [2.75, 3.05) is 11.4 Å². The van der Waals surface area contributed by atoms with E-state index in [4.69, 9.17) is 0 Å². The summed E-state index contributed by atoms with van der Waals surface area (Å²) in [5.41, 5.74) is 1.70. The Balaban J connectivity index is 1.94. The number of nitrogens with zero attached hydrogens (tertiary/aromatic N) is 4. The Kier molecular flexibility index (Phi) is 2.83. The molecular weight excluding hydrogens is 298 g/mol. The second kappa shape index (κ2) is 4.49. The van der Waals surface area contributed by atoms with Crippen LogP contribution in [0.2, 0.25) is 0 Å². The van der Waals surface area contributed by atoms with E-state index in [0.717, 1.165) is 11.3 Å². The van der Waals surface area contributed by atoms with Crippen LogP contribution in [0.4, 0.5) is 5.69 Å². The van der Waals surface area contributed by atoms with E-state index in [1.54, 1.807) is 4.90 Å². The van der Waals surface area contributed by atoms with Gasteiger partial charge in [0.2, 0.25) is 11.7 Å². The molecule has 3 rings (SSSR count). The van der Waals surface area contributed by atoms with E-state index in [1.807, 2.05) is 24.3 Å². The number of carbonyl (C=O) groups is 1. The molecular formula is C11H10BrN5O. The van der Waals surface area contributed by atoms with Gasteiger partial charge in [-0.15, -0.1) is 10.2 Å². The maximum Gasteiger partial charge on any atom is 0.228 e. The fourth-order valence-electron chi connectivity index (χ4n) is 2.01. The highest BCUT2D eigenvalue weighted by molar-refractivity contribution is 9.09. The van der Waals surface area contributed by atoms with Crippen molar-refractivity contribution in [2.45, 2.75) is 11.2 Å². The zero-order valence-corrected chi connectivity index (χ0v) is 11.0. The summed E-state index contributed by atoms with van der Waals surface area (Å²) in [6, 6.07) is 7.58. The normalized spacial score (nSPS) is 19.5. The minimum atomic E-state index is 0.127. The zero-order valence-electron chi connectivity index (χ0n) is 9.38. The van der Waals surface area contributed by atoms with E-state index in [2.05, 4.69) is 36.6 Å². The van der Waals surface area contributed by atoms with Gasteiger partial charge in [0, 0.05) is 29.0 Å². The lowest BCUT2D eigenvalue weighted by Crippen LogP contribution is -2.24. The summed E-state index contributed by atoms with van der Waals surface area (Å²) < 4.78 is 0. The van der Waals surface area contributed by atoms with Crippen LogP contribution in [0.1, 0.15) is 6.42 Å². The van der Waals surface area contributed by atoms with Gasteiger partial charge in [0.25, 0.3) is 0 Å². The van der Waals surface area contributed by atoms with E-state index >= 15 is 0 Å². The number of carbonyl (C=O) groups excluding carboxylic acids is 1. The lowest BCUT2D eigenvalue weighted by atomic mass is 10.2. The van der Waals surface area contributed by atoms with Crippen molar-refractivity contribution in [1.82, 2.24) is 20.6 Å². The maximum atomic E-state index is 11.8. The highest BCUT2D eigenvalue weighted by Crippen LogP contribution is 2.27. The number of rotatable bonds is 2. The van der Waals surface area contributed by atoms with Gasteiger partial charge in [-0.05, 0) is 17.3 Å². The summed E-state index contributed by atoms with van der Waals surface area (Å²) in [5.74, 6) is 0.654. The predicted octanol–water partition coefficient (Wildman–Crippen LogP) is 1.37. The molecule has 2 aromatic rings. The maximum absolute atomic E-state index is 11.8. The Hall–Kier alpha value is -1.76. The molecule has 1 aromatic carbocycles. The highest BCUT2D eigenvalue weighted by atomic mass is 79.9. The van der Waals surface area contributed by atoms with Gasteiger partial charge in [0.05, 0.1) is 0 Å². The van der Waals surface area contributed by atoms with Crippen LogP contribution in [-0.4, -0.2) is 37.9 Å². The van der Waals surface area contributed by atoms with Gasteiger partial charge < -0.3 is 4.90 Å².